The number of anilines is 2. The van der Waals surface area contributed by atoms with Crippen molar-refractivity contribution in [2.75, 3.05) is 42.7 Å². The summed E-state index contributed by atoms with van der Waals surface area (Å²) in [5.74, 6) is 3.84. The normalized spacial score (nSPS) is 18.8. The van der Waals surface area contributed by atoms with Crippen molar-refractivity contribution < 1.29 is 4.74 Å². The molecule has 1 saturated heterocycles. The first-order valence-corrected chi connectivity index (χ1v) is 8.79. The fraction of sp³-hybridized carbons (Fsp3) is 0.733. The Bertz CT molecular complexity index is 444. The van der Waals surface area contributed by atoms with Crippen molar-refractivity contribution in [3.63, 3.8) is 0 Å². The van der Waals surface area contributed by atoms with E-state index in [1.165, 1.54) is 12.2 Å². The summed E-state index contributed by atoms with van der Waals surface area (Å²) in [7, 11) is 1.68. The molecular formula is C15H26N4OS. The monoisotopic (exact) mass is 310 g/mol. The van der Waals surface area contributed by atoms with Crippen LogP contribution in [-0.4, -0.2) is 47.7 Å². The minimum Gasteiger partial charge on any atom is -0.377 e. The molecule has 5 nitrogen and oxygen atoms in total. The van der Waals surface area contributed by atoms with E-state index in [0.29, 0.717) is 11.9 Å². The van der Waals surface area contributed by atoms with Gasteiger partial charge in [0, 0.05) is 43.8 Å². The summed E-state index contributed by atoms with van der Waals surface area (Å²) >= 11 is 2.07. The average Bonchev–Trinajstić information content (AvgIpc) is 2.53. The van der Waals surface area contributed by atoms with Crippen LogP contribution in [0.5, 0.6) is 0 Å². The molecule has 2 rings (SSSR count). The van der Waals surface area contributed by atoms with Crippen LogP contribution < -0.4 is 10.2 Å². The predicted molar refractivity (Wildman–Crippen MR) is 90.3 cm³/mol. The largest absolute Gasteiger partial charge is 0.377 e. The van der Waals surface area contributed by atoms with E-state index in [4.69, 9.17) is 4.74 Å². The fourth-order valence-electron chi connectivity index (χ4n) is 2.36. The minimum absolute atomic E-state index is 0.453. The Morgan fingerprint density at radius 2 is 2.29 bits per heavy atom. The van der Waals surface area contributed by atoms with Gasteiger partial charge < -0.3 is 15.0 Å². The number of aromatic nitrogens is 2. The van der Waals surface area contributed by atoms with Gasteiger partial charge in [0.15, 0.2) is 5.82 Å². The van der Waals surface area contributed by atoms with E-state index in [0.717, 1.165) is 43.5 Å². The van der Waals surface area contributed by atoms with Gasteiger partial charge in [-0.2, -0.15) is 11.8 Å². The molecule has 0 radical (unpaired) electrons. The van der Waals surface area contributed by atoms with Crippen LogP contribution in [0.4, 0.5) is 11.6 Å². The van der Waals surface area contributed by atoms with Crippen molar-refractivity contribution in [1.82, 2.24) is 9.97 Å². The fourth-order valence-corrected chi connectivity index (χ4v) is 3.54. The summed E-state index contributed by atoms with van der Waals surface area (Å²) in [6.45, 7) is 7.91. The van der Waals surface area contributed by atoms with Crippen LogP contribution in [0.2, 0.25) is 0 Å². The van der Waals surface area contributed by atoms with E-state index in [1.807, 2.05) is 0 Å². The quantitative estimate of drug-likeness (QED) is 0.836. The second kappa shape index (κ2) is 8.44. The van der Waals surface area contributed by atoms with Crippen LogP contribution in [0.25, 0.3) is 0 Å². The number of nitrogens with zero attached hydrogens (tertiary/aromatic N) is 3. The molecule has 0 aromatic carbocycles. The van der Waals surface area contributed by atoms with Gasteiger partial charge in [-0.25, -0.2) is 9.97 Å². The maximum absolute atomic E-state index is 5.20. The van der Waals surface area contributed by atoms with Crippen LogP contribution in [0, 0.1) is 0 Å². The van der Waals surface area contributed by atoms with Gasteiger partial charge >= 0.3 is 0 Å². The van der Waals surface area contributed by atoms with Crippen molar-refractivity contribution in [2.45, 2.75) is 38.5 Å². The highest BCUT2D eigenvalue weighted by Gasteiger charge is 2.21. The Balaban J connectivity index is 2.17. The lowest BCUT2D eigenvalue weighted by atomic mass is 10.3. The molecule has 1 aromatic rings. The van der Waals surface area contributed by atoms with Crippen LogP contribution in [-0.2, 0) is 11.3 Å². The molecule has 21 heavy (non-hydrogen) atoms. The van der Waals surface area contributed by atoms with Gasteiger partial charge in [-0.3, -0.25) is 0 Å². The number of rotatable bonds is 7. The van der Waals surface area contributed by atoms with Crippen LogP contribution >= 0.6 is 11.8 Å². The number of methoxy groups -OCH3 is 1. The minimum atomic E-state index is 0.453. The number of nitrogens with one attached hydrogen (secondary N) is 1. The first-order valence-electron chi connectivity index (χ1n) is 7.74. The highest BCUT2D eigenvalue weighted by atomic mass is 32.2. The maximum Gasteiger partial charge on any atom is 0.158 e. The number of ether oxygens (including phenoxy) is 1. The second-order valence-corrected chi connectivity index (χ2v) is 6.64. The summed E-state index contributed by atoms with van der Waals surface area (Å²) in [4.78, 5) is 11.6. The van der Waals surface area contributed by atoms with E-state index in [9.17, 15) is 0 Å². The zero-order chi connectivity index (χ0) is 15.1. The van der Waals surface area contributed by atoms with Gasteiger partial charge in [0.25, 0.3) is 0 Å². The van der Waals surface area contributed by atoms with Crippen molar-refractivity contribution in [3.05, 3.63) is 11.9 Å². The number of thioether (sulfide) groups is 1. The van der Waals surface area contributed by atoms with Crippen LogP contribution in [0.15, 0.2) is 6.07 Å². The molecule has 0 saturated carbocycles. The van der Waals surface area contributed by atoms with Gasteiger partial charge in [-0.05, 0) is 12.8 Å². The predicted octanol–water partition coefficient (Wildman–Crippen LogP) is 2.78. The lowest BCUT2D eigenvalue weighted by Crippen LogP contribution is -2.38. The first-order chi connectivity index (χ1) is 10.3. The van der Waals surface area contributed by atoms with Crippen molar-refractivity contribution in [3.8, 4) is 0 Å². The molecule has 0 amide bonds. The summed E-state index contributed by atoms with van der Waals surface area (Å²) in [5.41, 5.74) is 0. The molecule has 1 atom stereocenters. The average molecular weight is 310 g/mol. The Hall–Kier alpha value is -1.01. The van der Waals surface area contributed by atoms with Crippen LogP contribution in [0.3, 0.4) is 0 Å². The molecule has 1 aliphatic heterocycles. The summed E-state index contributed by atoms with van der Waals surface area (Å²) < 4.78 is 5.20. The van der Waals surface area contributed by atoms with Gasteiger partial charge in [-0.1, -0.05) is 13.8 Å². The van der Waals surface area contributed by atoms with E-state index in [-0.39, 0.29) is 0 Å². The van der Waals surface area contributed by atoms with Gasteiger partial charge in [0.05, 0.1) is 0 Å². The first kappa shape index (κ1) is 16.4. The third kappa shape index (κ3) is 4.74. The molecule has 1 aromatic heterocycles. The van der Waals surface area contributed by atoms with E-state index in [1.54, 1.807) is 7.11 Å². The summed E-state index contributed by atoms with van der Waals surface area (Å²) in [6.07, 6.45) is 2.29. The maximum atomic E-state index is 5.20. The van der Waals surface area contributed by atoms with Crippen molar-refractivity contribution in [1.29, 1.82) is 0 Å². The Kier molecular flexibility index (Phi) is 6.57. The standard InChI is InChI=1S/C15H26N4OS/c1-4-6-16-13-9-15(18-14(17-13)11-20-3)19-7-8-21-12(5-2)10-19/h9,12H,4-8,10-11H2,1-3H3,(H,16,17,18). The molecule has 1 aliphatic rings. The molecule has 2 heterocycles. The molecule has 1 unspecified atom stereocenters. The molecule has 6 heteroatoms. The third-order valence-corrected chi connectivity index (χ3v) is 4.88. The molecule has 1 fully saturated rings. The third-order valence-electron chi connectivity index (χ3n) is 3.51. The highest BCUT2D eigenvalue weighted by Crippen LogP contribution is 2.26. The molecule has 0 aliphatic carbocycles. The Morgan fingerprint density at radius 1 is 1.43 bits per heavy atom. The van der Waals surface area contributed by atoms with E-state index < -0.39 is 0 Å². The lowest BCUT2D eigenvalue weighted by Gasteiger charge is -2.33. The van der Waals surface area contributed by atoms with Gasteiger partial charge in [-0.15, -0.1) is 0 Å². The number of hydrogen-bond acceptors (Lipinski definition) is 6. The second-order valence-electron chi connectivity index (χ2n) is 5.23. The van der Waals surface area contributed by atoms with Crippen molar-refractivity contribution in [2.24, 2.45) is 0 Å². The summed E-state index contributed by atoms with van der Waals surface area (Å²) in [5, 5.41) is 4.06. The van der Waals surface area contributed by atoms with Crippen molar-refractivity contribution >= 4 is 23.4 Å². The molecular weight excluding hydrogens is 284 g/mol. The Morgan fingerprint density at radius 3 is 3.00 bits per heavy atom. The van der Waals surface area contributed by atoms with Gasteiger partial charge in [0.1, 0.15) is 18.2 Å². The topological polar surface area (TPSA) is 50.3 Å². The molecule has 0 spiro atoms. The summed E-state index contributed by atoms with van der Waals surface area (Å²) in [6, 6.07) is 2.07. The smallest absolute Gasteiger partial charge is 0.158 e. The van der Waals surface area contributed by atoms with E-state index >= 15 is 0 Å². The number of hydrogen-bond donors (Lipinski definition) is 1. The molecule has 0 bridgehead atoms. The highest BCUT2D eigenvalue weighted by molar-refractivity contribution is 8.00. The van der Waals surface area contributed by atoms with Crippen LogP contribution in [0.1, 0.15) is 32.5 Å². The SMILES string of the molecule is CCCNc1cc(N2CCSC(CC)C2)nc(COC)n1. The molecule has 1 N–H and O–H groups in total. The van der Waals surface area contributed by atoms with E-state index in [2.05, 4.69) is 51.9 Å². The van der Waals surface area contributed by atoms with Gasteiger partial charge in [0.2, 0.25) is 0 Å². The lowest BCUT2D eigenvalue weighted by molar-refractivity contribution is 0.178. The zero-order valence-electron chi connectivity index (χ0n) is 13.3. The molecule has 118 valence electrons. The zero-order valence-corrected chi connectivity index (χ0v) is 14.1. The Labute approximate surface area is 131 Å².